The van der Waals surface area contributed by atoms with Crippen molar-refractivity contribution in [1.29, 1.82) is 0 Å². The monoisotopic (exact) mass is 349 g/mol. The van der Waals surface area contributed by atoms with Crippen molar-refractivity contribution in [3.8, 4) is 11.5 Å². The topological polar surface area (TPSA) is 98.3 Å². The largest absolute Gasteiger partial charge is 0.486 e. The van der Waals surface area contributed by atoms with E-state index >= 15 is 0 Å². The van der Waals surface area contributed by atoms with Gasteiger partial charge in [-0.2, -0.15) is 0 Å². The molecule has 1 amide bonds. The van der Waals surface area contributed by atoms with Gasteiger partial charge < -0.3 is 20.1 Å². The molecule has 1 aliphatic rings. The summed E-state index contributed by atoms with van der Waals surface area (Å²) in [7, 11) is 0. The van der Waals surface area contributed by atoms with Gasteiger partial charge in [0.1, 0.15) is 13.2 Å². The number of aromatic nitrogens is 3. The third-order valence-corrected chi connectivity index (χ3v) is 3.64. The third-order valence-electron chi connectivity index (χ3n) is 3.64. The maximum atomic E-state index is 12.1. The van der Waals surface area contributed by atoms with Gasteiger partial charge >= 0.3 is 0 Å². The minimum absolute atomic E-state index is 0.292. The number of rotatable bonds is 4. The summed E-state index contributed by atoms with van der Waals surface area (Å²) < 4.78 is 11.0. The lowest BCUT2D eigenvalue weighted by Gasteiger charge is -2.19. The van der Waals surface area contributed by atoms with Gasteiger partial charge in [-0.05, 0) is 36.4 Å². The highest BCUT2D eigenvalue weighted by atomic mass is 16.6. The standard InChI is InChI=1S/C18H15N5O3/c24-18(12-2-1-7-19-11-12)21-17-6-5-16(22-23-17)20-13-3-4-14-15(10-13)26-9-8-25-14/h1-7,10-11H,8-9H2,(H,20,22)(H,21,23,24). The van der Waals surface area contributed by atoms with E-state index in [1.54, 1.807) is 30.5 Å². The molecular weight excluding hydrogens is 334 g/mol. The van der Waals surface area contributed by atoms with Crippen LogP contribution < -0.4 is 20.1 Å². The Hall–Kier alpha value is -3.68. The van der Waals surface area contributed by atoms with E-state index in [-0.39, 0.29) is 5.91 Å². The van der Waals surface area contributed by atoms with Gasteiger partial charge in [0.25, 0.3) is 5.91 Å². The van der Waals surface area contributed by atoms with E-state index in [9.17, 15) is 4.79 Å². The number of nitrogens with zero attached hydrogens (tertiary/aromatic N) is 3. The second-order valence-corrected chi connectivity index (χ2v) is 5.48. The van der Waals surface area contributed by atoms with Gasteiger partial charge in [-0.3, -0.25) is 9.78 Å². The number of carbonyl (C=O) groups is 1. The van der Waals surface area contributed by atoms with Gasteiger partial charge in [0.05, 0.1) is 5.56 Å². The second kappa shape index (κ2) is 7.06. The number of anilines is 3. The third kappa shape index (κ3) is 3.54. The average molecular weight is 349 g/mol. The summed E-state index contributed by atoms with van der Waals surface area (Å²) >= 11 is 0. The highest BCUT2D eigenvalue weighted by molar-refractivity contribution is 6.03. The van der Waals surface area contributed by atoms with Crippen LogP contribution in [0.5, 0.6) is 11.5 Å². The summed E-state index contributed by atoms with van der Waals surface area (Å²) in [5, 5.41) is 13.9. The van der Waals surface area contributed by atoms with Crippen molar-refractivity contribution >= 4 is 23.2 Å². The van der Waals surface area contributed by atoms with Crippen LogP contribution in [0.15, 0.2) is 54.9 Å². The van der Waals surface area contributed by atoms with E-state index in [0.29, 0.717) is 36.2 Å². The summed E-state index contributed by atoms with van der Waals surface area (Å²) in [4.78, 5) is 16.0. The highest BCUT2D eigenvalue weighted by Gasteiger charge is 2.12. The summed E-state index contributed by atoms with van der Waals surface area (Å²) in [5.74, 6) is 2.02. The number of benzene rings is 1. The number of ether oxygens (including phenoxy) is 2. The van der Waals surface area contributed by atoms with E-state index in [0.717, 1.165) is 11.4 Å². The molecule has 26 heavy (non-hydrogen) atoms. The summed E-state index contributed by atoms with van der Waals surface area (Å²) in [6.07, 6.45) is 3.09. The SMILES string of the molecule is O=C(Nc1ccc(Nc2ccc3c(c2)OCCO3)nn1)c1cccnc1. The maximum absolute atomic E-state index is 12.1. The molecular formula is C18H15N5O3. The molecule has 2 aromatic heterocycles. The first-order chi connectivity index (χ1) is 12.8. The molecule has 0 atom stereocenters. The molecule has 1 aliphatic heterocycles. The Balaban J connectivity index is 1.42. The van der Waals surface area contributed by atoms with Crippen molar-refractivity contribution in [3.63, 3.8) is 0 Å². The lowest BCUT2D eigenvalue weighted by atomic mass is 10.2. The molecule has 0 saturated heterocycles. The summed E-state index contributed by atoms with van der Waals surface area (Å²) in [6.45, 7) is 1.08. The van der Waals surface area contributed by atoms with Crippen LogP contribution in [0.25, 0.3) is 0 Å². The molecule has 2 N–H and O–H groups in total. The fourth-order valence-corrected chi connectivity index (χ4v) is 2.42. The summed E-state index contributed by atoms with van der Waals surface area (Å²) in [6, 6.07) is 12.3. The second-order valence-electron chi connectivity index (χ2n) is 5.48. The lowest BCUT2D eigenvalue weighted by molar-refractivity contribution is 0.102. The van der Waals surface area contributed by atoms with Crippen LogP contribution >= 0.6 is 0 Å². The van der Waals surface area contributed by atoms with Crippen LogP contribution in [-0.2, 0) is 0 Å². The Labute approximate surface area is 149 Å². The van der Waals surface area contributed by atoms with E-state index in [4.69, 9.17) is 9.47 Å². The number of amides is 1. The maximum Gasteiger partial charge on any atom is 0.258 e. The van der Waals surface area contributed by atoms with E-state index in [1.807, 2.05) is 18.2 Å². The van der Waals surface area contributed by atoms with E-state index in [2.05, 4.69) is 25.8 Å². The van der Waals surface area contributed by atoms with Crippen molar-refractivity contribution in [2.24, 2.45) is 0 Å². The van der Waals surface area contributed by atoms with E-state index in [1.165, 1.54) is 6.20 Å². The number of pyridine rings is 1. The predicted octanol–water partition coefficient (Wildman–Crippen LogP) is 2.64. The molecule has 1 aromatic carbocycles. The molecule has 8 heteroatoms. The number of hydrogen-bond acceptors (Lipinski definition) is 7. The first-order valence-corrected chi connectivity index (χ1v) is 8.00. The van der Waals surface area contributed by atoms with Gasteiger partial charge in [-0.1, -0.05) is 0 Å². The smallest absolute Gasteiger partial charge is 0.258 e. The van der Waals surface area contributed by atoms with Crippen molar-refractivity contribution in [1.82, 2.24) is 15.2 Å². The van der Waals surface area contributed by atoms with Crippen LogP contribution in [0.1, 0.15) is 10.4 Å². The quantitative estimate of drug-likeness (QED) is 0.747. The van der Waals surface area contributed by atoms with Gasteiger partial charge in [0.2, 0.25) is 0 Å². The minimum atomic E-state index is -0.292. The van der Waals surface area contributed by atoms with E-state index < -0.39 is 0 Å². The molecule has 0 unspecified atom stereocenters. The lowest BCUT2D eigenvalue weighted by Crippen LogP contribution is -2.15. The minimum Gasteiger partial charge on any atom is -0.486 e. The molecule has 0 spiro atoms. The number of carbonyl (C=O) groups excluding carboxylic acids is 1. The zero-order chi connectivity index (χ0) is 17.8. The molecule has 8 nitrogen and oxygen atoms in total. The number of nitrogens with one attached hydrogen (secondary N) is 2. The molecule has 130 valence electrons. The first-order valence-electron chi connectivity index (χ1n) is 8.00. The zero-order valence-corrected chi connectivity index (χ0v) is 13.7. The van der Waals surface area contributed by atoms with Crippen molar-refractivity contribution in [2.45, 2.75) is 0 Å². The molecule has 3 aromatic rings. The summed E-state index contributed by atoms with van der Waals surface area (Å²) in [5.41, 5.74) is 1.25. The zero-order valence-electron chi connectivity index (χ0n) is 13.7. The normalized spacial score (nSPS) is 12.3. The molecule has 0 bridgehead atoms. The van der Waals surface area contributed by atoms with Crippen LogP contribution in [-0.4, -0.2) is 34.3 Å². The molecule has 3 heterocycles. The first kappa shape index (κ1) is 15.8. The average Bonchev–Trinajstić information content (AvgIpc) is 2.70. The number of hydrogen-bond donors (Lipinski definition) is 2. The fraction of sp³-hybridized carbons (Fsp3) is 0.111. The molecule has 0 radical (unpaired) electrons. The van der Waals surface area contributed by atoms with Crippen LogP contribution in [0.3, 0.4) is 0 Å². The van der Waals surface area contributed by atoms with Crippen molar-refractivity contribution < 1.29 is 14.3 Å². The fourth-order valence-electron chi connectivity index (χ4n) is 2.42. The van der Waals surface area contributed by atoms with Crippen molar-refractivity contribution in [3.05, 3.63) is 60.4 Å². The van der Waals surface area contributed by atoms with Gasteiger partial charge in [0.15, 0.2) is 23.1 Å². The molecule has 0 saturated carbocycles. The Kier molecular flexibility index (Phi) is 4.29. The van der Waals surface area contributed by atoms with Crippen molar-refractivity contribution in [2.75, 3.05) is 23.8 Å². The van der Waals surface area contributed by atoms with Crippen LogP contribution in [0, 0.1) is 0 Å². The Morgan fingerprint density at radius 3 is 2.54 bits per heavy atom. The van der Waals surface area contributed by atoms with Crippen LogP contribution in [0.4, 0.5) is 17.3 Å². The number of fused-ring (bicyclic) bond motifs is 1. The predicted molar refractivity (Wildman–Crippen MR) is 94.9 cm³/mol. The molecule has 0 aliphatic carbocycles. The highest BCUT2D eigenvalue weighted by Crippen LogP contribution is 2.33. The van der Waals surface area contributed by atoms with Crippen LogP contribution in [0.2, 0.25) is 0 Å². The Morgan fingerprint density at radius 1 is 0.962 bits per heavy atom. The van der Waals surface area contributed by atoms with Gasteiger partial charge in [-0.25, -0.2) is 0 Å². The Morgan fingerprint density at radius 2 is 1.77 bits per heavy atom. The van der Waals surface area contributed by atoms with Gasteiger partial charge in [-0.15, -0.1) is 10.2 Å². The molecule has 0 fully saturated rings. The Bertz CT molecular complexity index is 916. The van der Waals surface area contributed by atoms with Gasteiger partial charge in [0, 0.05) is 24.1 Å². The molecule has 4 rings (SSSR count).